The first-order valence-electron chi connectivity index (χ1n) is 9.78. The molecule has 0 bridgehead atoms. The number of hydrogen-bond acceptors (Lipinski definition) is 3. The van der Waals surface area contributed by atoms with Crippen molar-refractivity contribution in [3.05, 3.63) is 87.8 Å². The molecule has 0 amide bonds. The standard InChI is InChI=1S/C24H25N3O3/c1-16-7-5-10-23(27-24(28)26(3)25-27)22(16)15-30-20-12-11-17(2)21(14-20)18-8-6-9-19(13-18)29-4/h5-14,25H,15H2,1-4H3. The molecule has 6 nitrogen and oxygen atoms in total. The summed E-state index contributed by atoms with van der Waals surface area (Å²) in [5.74, 6) is 1.59. The molecule has 30 heavy (non-hydrogen) atoms. The van der Waals surface area contributed by atoms with Crippen molar-refractivity contribution < 1.29 is 9.47 Å². The third-order valence-corrected chi connectivity index (χ3v) is 5.33. The van der Waals surface area contributed by atoms with E-state index in [2.05, 4.69) is 24.3 Å². The molecule has 0 aliphatic heterocycles. The Hall–Kier alpha value is -3.67. The summed E-state index contributed by atoms with van der Waals surface area (Å²) >= 11 is 0. The molecule has 4 rings (SSSR count). The van der Waals surface area contributed by atoms with Gasteiger partial charge in [0.1, 0.15) is 18.1 Å². The molecule has 1 aromatic heterocycles. The van der Waals surface area contributed by atoms with E-state index in [-0.39, 0.29) is 5.69 Å². The van der Waals surface area contributed by atoms with Gasteiger partial charge in [0.15, 0.2) is 0 Å². The van der Waals surface area contributed by atoms with Crippen LogP contribution in [0.25, 0.3) is 16.8 Å². The summed E-state index contributed by atoms with van der Waals surface area (Å²) in [4.78, 5) is 12.1. The van der Waals surface area contributed by atoms with Gasteiger partial charge in [-0.15, -0.1) is 0 Å². The third kappa shape index (κ3) is 3.64. The molecule has 0 atom stereocenters. The number of aromatic nitrogens is 3. The van der Waals surface area contributed by atoms with Crippen molar-refractivity contribution in [2.24, 2.45) is 7.05 Å². The molecule has 0 saturated heterocycles. The first-order valence-corrected chi connectivity index (χ1v) is 9.78. The largest absolute Gasteiger partial charge is 0.497 e. The fraction of sp³-hybridized carbons (Fsp3) is 0.208. The maximum atomic E-state index is 12.1. The second kappa shape index (κ2) is 7.99. The third-order valence-electron chi connectivity index (χ3n) is 5.33. The minimum Gasteiger partial charge on any atom is -0.497 e. The fourth-order valence-corrected chi connectivity index (χ4v) is 3.53. The van der Waals surface area contributed by atoms with Gasteiger partial charge in [-0.3, -0.25) is 0 Å². The average molecular weight is 403 g/mol. The van der Waals surface area contributed by atoms with Gasteiger partial charge in [-0.25, -0.2) is 14.7 Å². The van der Waals surface area contributed by atoms with Crippen molar-refractivity contribution in [2.45, 2.75) is 20.5 Å². The molecule has 0 saturated carbocycles. The second-order valence-corrected chi connectivity index (χ2v) is 7.35. The summed E-state index contributed by atoms with van der Waals surface area (Å²) in [5, 5.41) is 2.97. The lowest BCUT2D eigenvalue weighted by Gasteiger charge is -2.19. The van der Waals surface area contributed by atoms with Crippen LogP contribution < -0.4 is 15.2 Å². The summed E-state index contributed by atoms with van der Waals surface area (Å²) in [7, 11) is 3.36. The predicted molar refractivity (Wildman–Crippen MR) is 118 cm³/mol. The van der Waals surface area contributed by atoms with E-state index in [4.69, 9.17) is 9.47 Å². The Bertz CT molecular complexity index is 1250. The van der Waals surface area contributed by atoms with Crippen LogP contribution in [0.15, 0.2) is 65.5 Å². The number of ether oxygens (including phenoxy) is 2. The summed E-state index contributed by atoms with van der Waals surface area (Å²) < 4.78 is 14.5. The lowest BCUT2D eigenvalue weighted by Crippen LogP contribution is -2.40. The van der Waals surface area contributed by atoms with E-state index in [1.54, 1.807) is 14.2 Å². The Balaban J connectivity index is 1.63. The normalized spacial score (nSPS) is 10.9. The monoisotopic (exact) mass is 403 g/mol. The first-order chi connectivity index (χ1) is 14.5. The zero-order valence-corrected chi connectivity index (χ0v) is 17.6. The van der Waals surface area contributed by atoms with Crippen LogP contribution in [0.4, 0.5) is 0 Å². The van der Waals surface area contributed by atoms with Crippen LogP contribution in [0.1, 0.15) is 16.7 Å². The molecule has 0 fully saturated rings. The van der Waals surface area contributed by atoms with Crippen LogP contribution in [0.5, 0.6) is 11.5 Å². The van der Waals surface area contributed by atoms with Gasteiger partial charge in [0.2, 0.25) is 0 Å². The van der Waals surface area contributed by atoms with Gasteiger partial charge in [0.05, 0.1) is 12.8 Å². The molecule has 4 aromatic rings. The number of aryl methyl sites for hydroxylation is 3. The zero-order valence-electron chi connectivity index (χ0n) is 17.6. The molecular formula is C24H25N3O3. The highest BCUT2D eigenvalue weighted by Crippen LogP contribution is 2.30. The molecule has 3 aromatic carbocycles. The smallest absolute Gasteiger partial charge is 0.364 e. The van der Waals surface area contributed by atoms with E-state index >= 15 is 0 Å². The average Bonchev–Trinajstić information content (AvgIpc) is 2.77. The van der Waals surface area contributed by atoms with Crippen LogP contribution in [-0.2, 0) is 13.7 Å². The predicted octanol–water partition coefficient (Wildman–Crippen LogP) is 4.38. The Morgan fingerprint density at radius 2 is 1.73 bits per heavy atom. The highest BCUT2D eigenvalue weighted by atomic mass is 16.5. The van der Waals surface area contributed by atoms with Gasteiger partial charge >= 0.3 is 5.69 Å². The van der Waals surface area contributed by atoms with Crippen LogP contribution in [0, 0.1) is 13.8 Å². The van der Waals surface area contributed by atoms with E-state index in [1.807, 2.05) is 55.5 Å². The lowest BCUT2D eigenvalue weighted by molar-refractivity contribution is 0.303. The van der Waals surface area contributed by atoms with E-state index in [9.17, 15) is 4.79 Å². The van der Waals surface area contributed by atoms with Crippen LogP contribution in [-0.4, -0.2) is 21.7 Å². The summed E-state index contributed by atoms with van der Waals surface area (Å²) in [6.45, 7) is 4.46. The van der Waals surface area contributed by atoms with Crippen molar-refractivity contribution in [3.63, 3.8) is 0 Å². The number of hydrogen-bond donors (Lipinski definition) is 1. The Labute approximate surface area is 175 Å². The van der Waals surface area contributed by atoms with Crippen molar-refractivity contribution in [2.75, 3.05) is 7.11 Å². The Morgan fingerprint density at radius 3 is 2.47 bits per heavy atom. The molecule has 1 N–H and O–H groups in total. The lowest BCUT2D eigenvalue weighted by atomic mass is 10.00. The maximum absolute atomic E-state index is 12.1. The minimum absolute atomic E-state index is 0.0995. The van der Waals surface area contributed by atoms with E-state index in [0.717, 1.165) is 45.0 Å². The number of nitrogens with zero attached hydrogens (tertiary/aromatic N) is 2. The highest BCUT2D eigenvalue weighted by Gasteiger charge is 2.14. The molecule has 1 heterocycles. The quantitative estimate of drug-likeness (QED) is 0.520. The molecule has 0 radical (unpaired) electrons. The van der Waals surface area contributed by atoms with Crippen molar-refractivity contribution in [1.82, 2.24) is 14.6 Å². The molecule has 6 heteroatoms. The van der Waals surface area contributed by atoms with Crippen molar-refractivity contribution in [1.29, 1.82) is 0 Å². The summed E-state index contributed by atoms with van der Waals surface area (Å²) in [6.07, 6.45) is 0. The number of benzene rings is 3. The van der Waals surface area contributed by atoms with Gasteiger partial charge in [-0.2, -0.15) is 4.68 Å². The molecule has 0 spiro atoms. The number of nitrogens with one attached hydrogen (secondary N) is 1. The summed E-state index contributed by atoms with van der Waals surface area (Å²) in [5.41, 5.74) is 6.07. The second-order valence-electron chi connectivity index (χ2n) is 7.35. The maximum Gasteiger partial charge on any atom is 0.364 e. The van der Waals surface area contributed by atoms with Crippen molar-refractivity contribution >= 4 is 0 Å². The number of aromatic amines is 1. The molecule has 0 aliphatic rings. The van der Waals surface area contributed by atoms with Crippen LogP contribution in [0.3, 0.4) is 0 Å². The number of H-pyrrole nitrogens is 1. The highest BCUT2D eigenvalue weighted by molar-refractivity contribution is 5.70. The van der Waals surface area contributed by atoms with Gasteiger partial charge in [-0.1, -0.05) is 30.3 Å². The topological polar surface area (TPSA) is 61.2 Å². The van der Waals surface area contributed by atoms with Gasteiger partial charge < -0.3 is 9.47 Å². The minimum atomic E-state index is -0.0995. The van der Waals surface area contributed by atoms with Gasteiger partial charge in [0.25, 0.3) is 0 Å². The molecule has 0 unspecified atom stereocenters. The van der Waals surface area contributed by atoms with E-state index in [1.165, 1.54) is 9.36 Å². The first kappa shape index (κ1) is 19.6. The van der Waals surface area contributed by atoms with E-state index in [0.29, 0.717) is 6.61 Å². The Morgan fingerprint density at radius 1 is 0.933 bits per heavy atom. The number of rotatable bonds is 6. The van der Waals surface area contributed by atoms with Crippen molar-refractivity contribution in [3.8, 4) is 28.3 Å². The van der Waals surface area contributed by atoms with Crippen LogP contribution >= 0.6 is 0 Å². The molecule has 0 aliphatic carbocycles. The van der Waals surface area contributed by atoms with Crippen LogP contribution in [0.2, 0.25) is 0 Å². The zero-order chi connectivity index (χ0) is 21.3. The van der Waals surface area contributed by atoms with Gasteiger partial charge in [0, 0.05) is 12.6 Å². The Kier molecular flexibility index (Phi) is 5.23. The number of methoxy groups -OCH3 is 1. The fourth-order valence-electron chi connectivity index (χ4n) is 3.53. The summed E-state index contributed by atoms with van der Waals surface area (Å²) in [6, 6.07) is 19.9. The molecule has 154 valence electrons. The SMILES string of the molecule is COc1cccc(-c2cc(OCc3c(C)cccc3-n3[nH]n(C)c3=O)ccc2C)c1. The van der Waals surface area contributed by atoms with E-state index < -0.39 is 0 Å². The van der Waals surface area contributed by atoms with Gasteiger partial charge in [-0.05, 0) is 66.4 Å². The molecular weight excluding hydrogens is 378 g/mol.